The second-order valence-electron chi connectivity index (χ2n) is 10.7. The maximum atomic E-state index is 14.1. The first-order valence-corrected chi connectivity index (χ1v) is 14.2. The van der Waals surface area contributed by atoms with Crippen molar-refractivity contribution in [1.82, 2.24) is 14.6 Å². The number of halogens is 3. The van der Waals surface area contributed by atoms with Gasteiger partial charge in [0.25, 0.3) is 0 Å². The van der Waals surface area contributed by atoms with Gasteiger partial charge in [0.1, 0.15) is 0 Å². The maximum absolute atomic E-state index is 14.1. The van der Waals surface area contributed by atoms with Crippen LogP contribution >= 0.6 is 0 Å². The van der Waals surface area contributed by atoms with Gasteiger partial charge < -0.3 is 10.2 Å². The summed E-state index contributed by atoms with van der Waals surface area (Å²) in [5.41, 5.74) is 2.66. The first-order chi connectivity index (χ1) is 17.2. The van der Waals surface area contributed by atoms with Crippen LogP contribution < -0.4 is 10.0 Å². The average Bonchev–Trinajstić information content (AvgIpc) is 3.34. The Labute approximate surface area is 215 Å². The predicted octanol–water partition coefficient (Wildman–Crippen LogP) is 4.18. The Morgan fingerprint density at radius 2 is 1.86 bits per heavy atom. The van der Waals surface area contributed by atoms with E-state index >= 15 is 0 Å². The van der Waals surface area contributed by atoms with Crippen molar-refractivity contribution in [2.45, 2.75) is 69.2 Å². The number of hydrogen-bond acceptors (Lipinski definition) is 5. The van der Waals surface area contributed by atoms with E-state index in [2.05, 4.69) is 41.0 Å². The van der Waals surface area contributed by atoms with Gasteiger partial charge in [-0.25, -0.2) is 13.1 Å². The van der Waals surface area contributed by atoms with E-state index in [9.17, 15) is 26.4 Å². The molecule has 7 nitrogen and oxygen atoms in total. The fourth-order valence-electron chi connectivity index (χ4n) is 5.69. The number of alkyl halides is 3. The van der Waals surface area contributed by atoms with Gasteiger partial charge in [-0.15, -0.1) is 0 Å². The third-order valence-corrected chi connectivity index (χ3v) is 8.38. The molecule has 37 heavy (non-hydrogen) atoms. The van der Waals surface area contributed by atoms with Crippen LogP contribution in [0.15, 0.2) is 42.6 Å². The molecule has 0 aliphatic heterocycles. The minimum absolute atomic E-state index is 0.0519. The SMILES string of the molecule is CN(C(=O)[C@H]1CC[C@@H](NS(C)(=O)=O)C1)[C@@H](c1ccc(N[C@H]2Cc3ccccc3C2(C)C)cn1)C(F)(F)F. The molecule has 4 atom stereocenters. The van der Waals surface area contributed by atoms with Gasteiger partial charge in [-0.2, -0.15) is 13.2 Å². The number of nitrogens with zero attached hydrogens (tertiary/aromatic N) is 2. The number of sulfonamides is 1. The summed E-state index contributed by atoms with van der Waals surface area (Å²) in [6.45, 7) is 4.27. The van der Waals surface area contributed by atoms with Gasteiger partial charge in [-0.1, -0.05) is 38.1 Å². The molecule has 2 N–H and O–H groups in total. The monoisotopic (exact) mass is 538 g/mol. The number of fused-ring (bicyclic) bond motifs is 1. The molecule has 0 bridgehead atoms. The van der Waals surface area contributed by atoms with Crippen LogP contribution in [0, 0.1) is 5.92 Å². The average molecular weight is 539 g/mol. The molecule has 0 radical (unpaired) electrons. The molecule has 2 aliphatic rings. The Morgan fingerprint density at radius 1 is 1.16 bits per heavy atom. The molecule has 1 aromatic carbocycles. The van der Waals surface area contributed by atoms with E-state index < -0.39 is 40.1 Å². The number of pyridine rings is 1. The third-order valence-electron chi connectivity index (χ3n) is 7.62. The summed E-state index contributed by atoms with van der Waals surface area (Å²) in [4.78, 5) is 17.8. The Morgan fingerprint density at radius 3 is 2.46 bits per heavy atom. The molecule has 1 fully saturated rings. The second kappa shape index (κ2) is 9.90. The van der Waals surface area contributed by atoms with Crippen molar-refractivity contribution in [1.29, 1.82) is 0 Å². The number of carbonyl (C=O) groups excluding carboxylic acids is 1. The molecule has 4 rings (SSSR count). The molecular weight excluding hydrogens is 505 g/mol. The summed E-state index contributed by atoms with van der Waals surface area (Å²) in [5, 5.41) is 3.42. The van der Waals surface area contributed by atoms with Crippen molar-refractivity contribution in [3.8, 4) is 0 Å². The molecule has 1 saturated carbocycles. The molecule has 1 aromatic heterocycles. The number of anilines is 1. The van der Waals surface area contributed by atoms with E-state index in [1.165, 1.54) is 23.4 Å². The van der Waals surface area contributed by atoms with E-state index in [1.54, 1.807) is 6.07 Å². The second-order valence-corrected chi connectivity index (χ2v) is 12.5. The molecular formula is C26H33F3N4O3S. The minimum Gasteiger partial charge on any atom is -0.380 e. The summed E-state index contributed by atoms with van der Waals surface area (Å²) in [5.74, 6) is -1.36. The first kappa shape index (κ1) is 27.4. The molecule has 1 amide bonds. The first-order valence-electron chi connectivity index (χ1n) is 12.3. The number of carbonyl (C=O) groups is 1. The van der Waals surface area contributed by atoms with Crippen molar-refractivity contribution in [2.75, 3.05) is 18.6 Å². The van der Waals surface area contributed by atoms with Crippen molar-refractivity contribution >= 4 is 21.6 Å². The van der Waals surface area contributed by atoms with E-state index in [0.29, 0.717) is 23.4 Å². The van der Waals surface area contributed by atoms with Gasteiger partial charge in [-0.05, 0) is 48.9 Å². The molecule has 0 unspecified atom stereocenters. The third kappa shape index (κ3) is 5.93. The van der Waals surface area contributed by atoms with Gasteiger partial charge in [0.2, 0.25) is 15.9 Å². The molecule has 202 valence electrons. The standard InChI is InChI=1S/C26H33F3N4O3S/c1-25(2)20-8-6-5-7-16(20)14-22(25)31-19-11-12-21(30-15-19)23(26(27,28)29)33(3)24(34)17-9-10-18(13-17)32-37(4,35)36/h5-8,11-12,15,17-18,22-23,31-32H,9-10,13-14H2,1-4H3/t17-,18+,22-,23-/m0/s1. The number of nitrogens with one attached hydrogen (secondary N) is 2. The highest BCUT2D eigenvalue weighted by Gasteiger charge is 2.48. The molecule has 0 saturated heterocycles. The zero-order chi connectivity index (χ0) is 27.2. The highest BCUT2D eigenvalue weighted by atomic mass is 32.2. The number of rotatable bonds is 7. The molecule has 2 aromatic rings. The fourth-order valence-corrected chi connectivity index (χ4v) is 6.51. The largest absolute Gasteiger partial charge is 0.414 e. The van der Waals surface area contributed by atoms with Crippen LogP contribution in [0.4, 0.5) is 18.9 Å². The van der Waals surface area contributed by atoms with Crippen LogP contribution in [0.5, 0.6) is 0 Å². The van der Waals surface area contributed by atoms with Crippen molar-refractivity contribution in [3.05, 3.63) is 59.4 Å². The lowest BCUT2D eigenvalue weighted by molar-refractivity contribution is -0.191. The number of benzene rings is 1. The van der Waals surface area contributed by atoms with Gasteiger partial charge in [0.05, 0.1) is 23.8 Å². The fraction of sp³-hybridized carbons (Fsp3) is 0.538. The van der Waals surface area contributed by atoms with E-state index in [4.69, 9.17) is 0 Å². The number of aromatic nitrogens is 1. The summed E-state index contributed by atoms with van der Waals surface area (Å²) in [6, 6.07) is 8.45. The van der Waals surface area contributed by atoms with E-state index in [0.717, 1.165) is 19.7 Å². The smallest absolute Gasteiger partial charge is 0.380 e. The summed E-state index contributed by atoms with van der Waals surface area (Å²) in [6.07, 6.45) is -0.659. The number of amides is 1. The molecule has 0 spiro atoms. The van der Waals surface area contributed by atoms with Crippen LogP contribution in [-0.4, -0.2) is 55.8 Å². The maximum Gasteiger partial charge on any atom is 0.414 e. The normalized spacial score (nSPS) is 23.9. The lowest BCUT2D eigenvalue weighted by Gasteiger charge is -2.32. The van der Waals surface area contributed by atoms with Crippen LogP contribution in [-0.2, 0) is 26.7 Å². The van der Waals surface area contributed by atoms with Crippen LogP contribution in [0.3, 0.4) is 0 Å². The van der Waals surface area contributed by atoms with Crippen molar-refractivity contribution in [3.63, 3.8) is 0 Å². The lowest BCUT2D eigenvalue weighted by Crippen LogP contribution is -2.43. The highest BCUT2D eigenvalue weighted by molar-refractivity contribution is 7.88. The van der Waals surface area contributed by atoms with Crippen molar-refractivity contribution in [2.24, 2.45) is 5.92 Å². The van der Waals surface area contributed by atoms with Gasteiger partial charge in [-0.3, -0.25) is 9.78 Å². The van der Waals surface area contributed by atoms with Crippen molar-refractivity contribution < 1.29 is 26.4 Å². The Balaban J connectivity index is 1.47. The number of hydrogen-bond donors (Lipinski definition) is 2. The zero-order valence-electron chi connectivity index (χ0n) is 21.3. The predicted molar refractivity (Wildman–Crippen MR) is 135 cm³/mol. The van der Waals surface area contributed by atoms with Crippen LogP contribution in [0.2, 0.25) is 0 Å². The zero-order valence-corrected chi connectivity index (χ0v) is 22.2. The molecule has 11 heteroatoms. The molecule has 1 heterocycles. The Bertz CT molecular complexity index is 1250. The van der Waals surface area contributed by atoms with Gasteiger partial charge in [0.15, 0.2) is 6.04 Å². The summed E-state index contributed by atoms with van der Waals surface area (Å²) >= 11 is 0. The van der Waals surface area contributed by atoms with E-state index in [1.807, 2.05) is 12.1 Å². The molecule has 2 aliphatic carbocycles. The van der Waals surface area contributed by atoms with Gasteiger partial charge in [0, 0.05) is 30.5 Å². The van der Waals surface area contributed by atoms with Gasteiger partial charge >= 0.3 is 6.18 Å². The Kier molecular flexibility index (Phi) is 7.33. The summed E-state index contributed by atoms with van der Waals surface area (Å²) < 4.78 is 67.8. The Hall–Kier alpha value is -2.66. The van der Waals surface area contributed by atoms with Crippen LogP contribution in [0.1, 0.15) is 56.0 Å². The highest BCUT2D eigenvalue weighted by Crippen LogP contribution is 2.41. The quantitative estimate of drug-likeness (QED) is 0.552. The topological polar surface area (TPSA) is 91.4 Å². The minimum atomic E-state index is -4.73. The lowest BCUT2D eigenvalue weighted by atomic mass is 9.83. The summed E-state index contributed by atoms with van der Waals surface area (Å²) in [7, 11) is -2.34. The van der Waals surface area contributed by atoms with E-state index in [-0.39, 0.29) is 23.6 Å². The van der Waals surface area contributed by atoms with Crippen LogP contribution in [0.25, 0.3) is 0 Å².